The summed E-state index contributed by atoms with van der Waals surface area (Å²) in [4.78, 5) is 19.6. The van der Waals surface area contributed by atoms with E-state index >= 15 is 0 Å². The van der Waals surface area contributed by atoms with Gasteiger partial charge < -0.3 is 26.9 Å². The fourth-order valence-corrected chi connectivity index (χ4v) is 0.275. The molecule has 0 aliphatic rings. The summed E-state index contributed by atoms with van der Waals surface area (Å²) in [5, 5.41) is 16.0. The van der Waals surface area contributed by atoms with Crippen molar-refractivity contribution in [1.82, 2.24) is 0 Å². The Bertz CT molecular complexity index is 143. The van der Waals surface area contributed by atoms with Gasteiger partial charge in [-0.05, 0) is 0 Å². The molecule has 0 aromatic carbocycles. The van der Waals surface area contributed by atoms with Gasteiger partial charge in [0.05, 0.1) is 6.42 Å². The van der Waals surface area contributed by atoms with Gasteiger partial charge in [0, 0.05) is 0 Å². The van der Waals surface area contributed by atoms with Crippen molar-refractivity contribution in [1.29, 1.82) is 0 Å². The van der Waals surface area contributed by atoms with E-state index in [0.29, 0.717) is 0 Å². The Labute approximate surface area is 119 Å². The van der Waals surface area contributed by atoms with Crippen LogP contribution in [0.3, 0.4) is 0 Å². The fourth-order valence-electron chi connectivity index (χ4n) is 0.275. The Morgan fingerprint density at radius 2 is 1.46 bits per heavy atom. The molecule has 0 saturated heterocycles. The van der Waals surface area contributed by atoms with E-state index in [1.165, 1.54) is 0 Å². The van der Waals surface area contributed by atoms with Gasteiger partial charge in [0.2, 0.25) is 0 Å². The second-order valence-electron chi connectivity index (χ2n) is 1.54. The number of nitrogens with two attached hydrogens (primary N) is 1. The van der Waals surface area contributed by atoms with Crippen LogP contribution in [0, 0.1) is 0 Å². The van der Waals surface area contributed by atoms with Crippen LogP contribution in [0.1, 0.15) is 6.42 Å². The summed E-state index contributed by atoms with van der Waals surface area (Å²) in [6.07, 6.45) is -0.532. The molecule has 0 aromatic heterocycles. The van der Waals surface area contributed by atoms with Crippen LogP contribution < -0.4 is 5.73 Å². The van der Waals surface area contributed by atoms with E-state index in [-0.39, 0.29) is 70.1 Å². The standard InChI is InChI=1S/C4H7NO4.2Na.2H2O.2H/c5-2(4(8)9)1-3(6)7;;;;;;/h2H,1,5H2,(H,6,7)(H,8,9);;;2*1H2;;/t2-;;;;;;/m0....../s1. The Balaban J connectivity index is -0.0000000533. The average molecular weight is 217 g/mol. The molecular weight excluding hydrogens is 204 g/mol. The fraction of sp³-hybridized carbons (Fsp3) is 0.500. The third-order valence-corrected chi connectivity index (χ3v) is 0.712. The molecule has 0 aliphatic heterocycles. The normalized spacial score (nSPS) is 8.69. The van der Waals surface area contributed by atoms with Gasteiger partial charge in [0.25, 0.3) is 0 Å². The molecule has 72 valence electrons. The van der Waals surface area contributed by atoms with Gasteiger partial charge in [-0.25, -0.2) is 0 Å². The molecular formula is C4H13NNa2O6. The second-order valence-corrected chi connectivity index (χ2v) is 1.54. The van der Waals surface area contributed by atoms with Crippen molar-refractivity contribution in [3.63, 3.8) is 0 Å². The van der Waals surface area contributed by atoms with Crippen LogP contribution in [-0.2, 0) is 9.59 Å². The number of hydrogen-bond acceptors (Lipinski definition) is 3. The predicted molar refractivity (Wildman–Crippen MR) is 49.4 cm³/mol. The number of carbonyl (C=O) groups is 2. The van der Waals surface area contributed by atoms with Crippen LogP contribution >= 0.6 is 0 Å². The molecule has 0 aliphatic carbocycles. The van der Waals surface area contributed by atoms with Crippen molar-refractivity contribution < 1.29 is 30.8 Å². The summed E-state index contributed by atoms with van der Waals surface area (Å²) >= 11 is 0. The van der Waals surface area contributed by atoms with E-state index in [4.69, 9.17) is 15.9 Å². The van der Waals surface area contributed by atoms with Gasteiger partial charge in [-0.15, -0.1) is 0 Å². The number of aliphatic carboxylic acids is 2. The number of carboxylic acids is 2. The third kappa shape index (κ3) is 19.3. The molecule has 0 fully saturated rings. The van der Waals surface area contributed by atoms with Crippen LogP contribution in [0.4, 0.5) is 0 Å². The first kappa shape index (κ1) is 29.2. The molecule has 0 rings (SSSR count). The average Bonchev–Trinajstić information content (AvgIpc) is 1.63. The van der Waals surface area contributed by atoms with E-state index in [0.717, 1.165) is 0 Å². The zero-order valence-electron chi connectivity index (χ0n) is 5.57. The summed E-state index contributed by atoms with van der Waals surface area (Å²) in [6.45, 7) is 0. The predicted octanol–water partition coefficient (Wildman–Crippen LogP) is -4.07. The molecule has 0 aromatic rings. The number of hydrogen-bond donors (Lipinski definition) is 3. The van der Waals surface area contributed by atoms with Gasteiger partial charge in [-0.1, -0.05) is 0 Å². The van der Waals surface area contributed by atoms with Crippen LogP contribution in [0.15, 0.2) is 0 Å². The van der Waals surface area contributed by atoms with Gasteiger partial charge in [0.15, 0.2) is 0 Å². The zero-order chi connectivity index (χ0) is 7.44. The van der Waals surface area contributed by atoms with Crippen molar-refractivity contribution in [2.24, 2.45) is 5.73 Å². The molecule has 0 heterocycles. The Morgan fingerprint density at radius 3 is 1.54 bits per heavy atom. The Morgan fingerprint density at radius 1 is 1.15 bits per heavy atom. The molecule has 0 radical (unpaired) electrons. The van der Waals surface area contributed by atoms with E-state index in [2.05, 4.69) is 0 Å². The number of carboxylic acid groups (broad SMARTS) is 2. The molecule has 1 atom stereocenters. The van der Waals surface area contributed by atoms with E-state index < -0.39 is 24.4 Å². The first-order valence-corrected chi connectivity index (χ1v) is 2.24. The monoisotopic (exact) mass is 217 g/mol. The molecule has 0 amide bonds. The minimum atomic E-state index is -1.29. The molecule has 0 saturated carbocycles. The quantitative estimate of drug-likeness (QED) is 0.408. The molecule has 0 bridgehead atoms. The molecule has 13 heavy (non-hydrogen) atoms. The van der Waals surface area contributed by atoms with Crippen molar-refractivity contribution in [3.05, 3.63) is 0 Å². The number of rotatable bonds is 3. The van der Waals surface area contributed by atoms with Crippen molar-refractivity contribution >= 4 is 71.1 Å². The van der Waals surface area contributed by atoms with E-state index in [9.17, 15) is 9.59 Å². The van der Waals surface area contributed by atoms with Gasteiger partial charge >= 0.3 is 71.1 Å². The van der Waals surface area contributed by atoms with Crippen LogP contribution in [0.25, 0.3) is 0 Å². The molecule has 0 unspecified atom stereocenters. The Hall–Kier alpha value is 0.820. The van der Waals surface area contributed by atoms with Crippen LogP contribution in [0.2, 0.25) is 0 Å². The summed E-state index contributed by atoms with van der Waals surface area (Å²) in [5.41, 5.74) is 4.84. The minimum absolute atomic E-state index is 0. The Kier molecular flexibility index (Phi) is 34.4. The zero-order valence-corrected chi connectivity index (χ0v) is 5.57. The summed E-state index contributed by atoms with van der Waals surface area (Å²) in [7, 11) is 0. The van der Waals surface area contributed by atoms with Crippen LogP contribution in [0.5, 0.6) is 0 Å². The SMILES string of the molecule is N[C@@H](CC(=O)O)C(=O)O.O.O.[NaH].[NaH]. The van der Waals surface area contributed by atoms with Crippen molar-refractivity contribution in [3.8, 4) is 0 Å². The van der Waals surface area contributed by atoms with E-state index in [1.54, 1.807) is 0 Å². The molecule has 0 spiro atoms. The van der Waals surface area contributed by atoms with Crippen molar-refractivity contribution in [2.45, 2.75) is 12.5 Å². The summed E-state index contributed by atoms with van der Waals surface area (Å²) < 4.78 is 0. The maximum atomic E-state index is 9.85. The molecule has 9 heteroatoms. The first-order chi connectivity index (χ1) is 4.04. The first-order valence-electron chi connectivity index (χ1n) is 2.24. The van der Waals surface area contributed by atoms with Crippen molar-refractivity contribution in [2.75, 3.05) is 0 Å². The summed E-state index contributed by atoms with van der Waals surface area (Å²) in [6, 6.07) is -1.29. The van der Waals surface area contributed by atoms with Crippen LogP contribution in [-0.4, -0.2) is 98.3 Å². The maximum absolute atomic E-state index is 9.85. The summed E-state index contributed by atoms with van der Waals surface area (Å²) in [5.74, 6) is -2.50. The topological polar surface area (TPSA) is 164 Å². The molecule has 8 N–H and O–H groups in total. The molecule has 7 nitrogen and oxygen atoms in total. The second kappa shape index (κ2) is 15.3. The third-order valence-electron chi connectivity index (χ3n) is 0.712. The van der Waals surface area contributed by atoms with Gasteiger partial charge in [-0.3, -0.25) is 9.59 Å². The van der Waals surface area contributed by atoms with Gasteiger partial charge in [0.1, 0.15) is 6.04 Å². The van der Waals surface area contributed by atoms with E-state index in [1.807, 2.05) is 0 Å². The van der Waals surface area contributed by atoms with Gasteiger partial charge in [-0.2, -0.15) is 0 Å².